The Kier molecular flexibility index (Phi) is 3.84. The summed E-state index contributed by atoms with van der Waals surface area (Å²) in [7, 11) is 1.95. The minimum absolute atomic E-state index is 0.208. The van der Waals surface area contributed by atoms with Crippen LogP contribution in [0.4, 0.5) is 4.39 Å². The predicted molar refractivity (Wildman–Crippen MR) is 80.3 cm³/mol. The van der Waals surface area contributed by atoms with Gasteiger partial charge in [0.05, 0.1) is 4.88 Å². The summed E-state index contributed by atoms with van der Waals surface area (Å²) in [5, 5.41) is 11.3. The summed E-state index contributed by atoms with van der Waals surface area (Å²) in [5.74, 6) is 1.33. The molecule has 0 atom stereocenters. The van der Waals surface area contributed by atoms with Gasteiger partial charge in [0.15, 0.2) is 11.0 Å². The third-order valence-electron chi connectivity index (χ3n) is 2.83. The summed E-state index contributed by atoms with van der Waals surface area (Å²) in [6.45, 7) is 0. The molecule has 2 aromatic heterocycles. The van der Waals surface area contributed by atoms with Crippen molar-refractivity contribution in [3.63, 3.8) is 0 Å². The van der Waals surface area contributed by atoms with E-state index < -0.39 is 0 Å². The number of hydrogen-bond acceptors (Lipinski definition) is 4. The molecule has 6 heteroatoms. The zero-order chi connectivity index (χ0) is 13.9. The number of aromatic nitrogens is 3. The number of nitrogens with zero attached hydrogens (tertiary/aromatic N) is 3. The Morgan fingerprint density at radius 1 is 1.25 bits per heavy atom. The standard InChI is InChI=1S/C14H12FN3S2/c1-18-13(12-6-3-7-19-12)16-17-14(18)20-9-10-4-2-5-11(15)8-10/h2-8H,9H2,1H3. The highest BCUT2D eigenvalue weighted by atomic mass is 32.2. The van der Waals surface area contributed by atoms with Gasteiger partial charge in [-0.1, -0.05) is 30.0 Å². The van der Waals surface area contributed by atoms with Crippen molar-refractivity contribution in [3.05, 3.63) is 53.2 Å². The van der Waals surface area contributed by atoms with E-state index in [1.807, 2.05) is 35.2 Å². The van der Waals surface area contributed by atoms with Gasteiger partial charge in [-0.15, -0.1) is 21.5 Å². The highest BCUT2D eigenvalue weighted by Gasteiger charge is 2.11. The summed E-state index contributed by atoms with van der Waals surface area (Å²) < 4.78 is 15.1. The van der Waals surface area contributed by atoms with Crippen molar-refractivity contribution in [3.8, 4) is 10.7 Å². The van der Waals surface area contributed by atoms with Crippen molar-refractivity contribution in [2.45, 2.75) is 10.9 Å². The van der Waals surface area contributed by atoms with Crippen LogP contribution in [0.25, 0.3) is 10.7 Å². The summed E-state index contributed by atoms with van der Waals surface area (Å²) in [5.41, 5.74) is 0.940. The van der Waals surface area contributed by atoms with Gasteiger partial charge < -0.3 is 4.57 Å². The van der Waals surface area contributed by atoms with Gasteiger partial charge in [-0.05, 0) is 29.1 Å². The number of thioether (sulfide) groups is 1. The minimum Gasteiger partial charge on any atom is -0.304 e. The second-order valence-corrected chi connectivity index (χ2v) is 6.15. The molecule has 20 heavy (non-hydrogen) atoms. The first-order valence-corrected chi connectivity index (χ1v) is 7.91. The van der Waals surface area contributed by atoms with Gasteiger partial charge in [-0.3, -0.25) is 0 Å². The summed E-state index contributed by atoms with van der Waals surface area (Å²) in [4.78, 5) is 1.10. The summed E-state index contributed by atoms with van der Waals surface area (Å²) >= 11 is 3.19. The molecule has 0 aliphatic heterocycles. The molecule has 0 aliphatic carbocycles. The number of halogens is 1. The van der Waals surface area contributed by atoms with Gasteiger partial charge in [0, 0.05) is 12.8 Å². The van der Waals surface area contributed by atoms with Crippen molar-refractivity contribution in [2.75, 3.05) is 0 Å². The fourth-order valence-electron chi connectivity index (χ4n) is 1.84. The average Bonchev–Trinajstić information content (AvgIpc) is 3.06. The molecule has 0 radical (unpaired) electrons. The smallest absolute Gasteiger partial charge is 0.191 e. The van der Waals surface area contributed by atoms with Crippen molar-refractivity contribution in [1.82, 2.24) is 14.8 Å². The lowest BCUT2D eigenvalue weighted by Gasteiger charge is -2.03. The Bertz CT molecular complexity index is 707. The van der Waals surface area contributed by atoms with Crippen LogP contribution >= 0.6 is 23.1 Å². The molecule has 102 valence electrons. The molecule has 1 aromatic carbocycles. The monoisotopic (exact) mass is 305 g/mol. The minimum atomic E-state index is -0.208. The summed E-state index contributed by atoms with van der Waals surface area (Å²) in [6, 6.07) is 10.6. The fourth-order valence-corrected chi connectivity index (χ4v) is 3.43. The topological polar surface area (TPSA) is 30.7 Å². The molecule has 0 unspecified atom stereocenters. The molecule has 0 bridgehead atoms. The normalized spacial score (nSPS) is 10.9. The largest absolute Gasteiger partial charge is 0.304 e. The van der Waals surface area contributed by atoms with Gasteiger partial charge in [0.1, 0.15) is 5.82 Å². The number of rotatable bonds is 4. The number of benzene rings is 1. The first kappa shape index (κ1) is 13.3. The Hall–Kier alpha value is -1.66. The maximum atomic E-state index is 13.1. The molecular formula is C14H12FN3S2. The molecule has 3 nitrogen and oxygen atoms in total. The van der Waals surface area contributed by atoms with E-state index in [4.69, 9.17) is 0 Å². The molecule has 0 spiro atoms. The van der Waals surface area contributed by atoms with E-state index in [0.29, 0.717) is 5.75 Å². The van der Waals surface area contributed by atoms with Crippen molar-refractivity contribution < 1.29 is 4.39 Å². The average molecular weight is 305 g/mol. The maximum Gasteiger partial charge on any atom is 0.191 e. The quantitative estimate of drug-likeness (QED) is 0.683. The Morgan fingerprint density at radius 2 is 2.15 bits per heavy atom. The lowest BCUT2D eigenvalue weighted by Crippen LogP contribution is -1.94. The van der Waals surface area contributed by atoms with Crippen molar-refractivity contribution in [2.24, 2.45) is 7.05 Å². The molecule has 3 aromatic rings. The number of thiophene rings is 1. The van der Waals surface area contributed by atoms with Crippen LogP contribution in [0.2, 0.25) is 0 Å². The molecule has 0 saturated heterocycles. The fraction of sp³-hybridized carbons (Fsp3) is 0.143. The first-order valence-electron chi connectivity index (χ1n) is 6.04. The van der Waals surface area contributed by atoms with Crippen molar-refractivity contribution >= 4 is 23.1 Å². The number of hydrogen-bond donors (Lipinski definition) is 0. The van der Waals surface area contributed by atoms with Crippen LogP contribution < -0.4 is 0 Å². The SMILES string of the molecule is Cn1c(SCc2cccc(F)c2)nnc1-c1cccs1. The second-order valence-electron chi connectivity index (χ2n) is 4.26. The zero-order valence-electron chi connectivity index (χ0n) is 10.8. The highest BCUT2D eigenvalue weighted by molar-refractivity contribution is 7.98. The van der Waals surface area contributed by atoms with Gasteiger partial charge in [0.25, 0.3) is 0 Å². The van der Waals surface area contributed by atoms with Crippen LogP contribution in [0.1, 0.15) is 5.56 Å². The van der Waals surface area contributed by atoms with E-state index in [9.17, 15) is 4.39 Å². The van der Waals surface area contributed by atoms with Crippen LogP contribution in [0.3, 0.4) is 0 Å². The zero-order valence-corrected chi connectivity index (χ0v) is 12.4. The van der Waals surface area contributed by atoms with E-state index in [1.165, 1.54) is 6.07 Å². The van der Waals surface area contributed by atoms with Gasteiger partial charge in [-0.2, -0.15) is 0 Å². The lowest BCUT2D eigenvalue weighted by molar-refractivity contribution is 0.626. The third-order valence-corrected chi connectivity index (χ3v) is 4.79. The highest BCUT2D eigenvalue weighted by Crippen LogP contribution is 2.27. The molecule has 0 fully saturated rings. The Morgan fingerprint density at radius 3 is 2.90 bits per heavy atom. The molecule has 3 rings (SSSR count). The summed E-state index contributed by atoms with van der Waals surface area (Å²) in [6.07, 6.45) is 0. The first-order chi connectivity index (χ1) is 9.74. The molecule has 0 aliphatic rings. The Labute approximate surface area is 124 Å². The van der Waals surface area contributed by atoms with E-state index in [1.54, 1.807) is 35.2 Å². The molecular weight excluding hydrogens is 293 g/mol. The molecule has 2 heterocycles. The Balaban J connectivity index is 1.76. The van der Waals surface area contributed by atoms with E-state index in [-0.39, 0.29) is 5.82 Å². The van der Waals surface area contributed by atoms with Crippen LogP contribution in [0, 0.1) is 5.82 Å². The van der Waals surface area contributed by atoms with Gasteiger partial charge in [-0.25, -0.2) is 4.39 Å². The van der Waals surface area contributed by atoms with E-state index in [2.05, 4.69) is 10.2 Å². The maximum absolute atomic E-state index is 13.1. The van der Waals surface area contributed by atoms with Crippen molar-refractivity contribution in [1.29, 1.82) is 0 Å². The second kappa shape index (κ2) is 5.76. The third kappa shape index (κ3) is 2.76. The molecule has 0 saturated carbocycles. The molecule has 0 N–H and O–H groups in total. The van der Waals surface area contributed by atoms with Crippen LogP contribution in [-0.4, -0.2) is 14.8 Å². The lowest BCUT2D eigenvalue weighted by atomic mass is 10.2. The predicted octanol–water partition coefficient (Wildman–Crippen LogP) is 3.98. The van der Waals surface area contributed by atoms with Gasteiger partial charge in [0.2, 0.25) is 0 Å². The van der Waals surface area contributed by atoms with Crippen LogP contribution in [0.5, 0.6) is 0 Å². The van der Waals surface area contributed by atoms with E-state index in [0.717, 1.165) is 21.4 Å². The van der Waals surface area contributed by atoms with Gasteiger partial charge >= 0.3 is 0 Å². The van der Waals surface area contributed by atoms with Crippen LogP contribution in [-0.2, 0) is 12.8 Å². The van der Waals surface area contributed by atoms with E-state index >= 15 is 0 Å². The van der Waals surface area contributed by atoms with Crippen LogP contribution in [0.15, 0.2) is 46.9 Å². The molecule has 0 amide bonds.